The summed E-state index contributed by atoms with van der Waals surface area (Å²) in [6.07, 6.45) is -0.711. The molecular formula is C14H22FN3O3S. The predicted octanol–water partition coefficient (Wildman–Crippen LogP) is 0.283. The Bertz CT molecular complexity index is 584. The number of nitrogens with zero attached hydrogens (tertiary/aromatic N) is 3. The summed E-state index contributed by atoms with van der Waals surface area (Å²) in [4.78, 5) is 2.01. The average molecular weight is 331 g/mol. The van der Waals surface area contributed by atoms with Crippen LogP contribution >= 0.6 is 0 Å². The van der Waals surface area contributed by atoms with Crippen molar-refractivity contribution >= 4 is 10.2 Å². The molecule has 0 radical (unpaired) electrons. The number of rotatable bonds is 5. The van der Waals surface area contributed by atoms with Crippen molar-refractivity contribution in [1.29, 1.82) is 0 Å². The van der Waals surface area contributed by atoms with Gasteiger partial charge in [-0.1, -0.05) is 12.1 Å². The fourth-order valence-corrected chi connectivity index (χ4v) is 3.50. The van der Waals surface area contributed by atoms with Crippen LogP contribution in [0, 0.1) is 5.82 Å². The van der Waals surface area contributed by atoms with Crippen LogP contribution in [0.4, 0.5) is 4.39 Å². The second-order valence-electron chi connectivity index (χ2n) is 5.56. The molecule has 6 nitrogen and oxygen atoms in total. The van der Waals surface area contributed by atoms with Crippen LogP contribution in [0.15, 0.2) is 24.3 Å². The highest BCUT2D eigenvalue weighted by Gasteiger charge is 2.29. The predicted molar refractivity (Wildman–Crippen MR) is 82.0 cm³/mol. The first kappa shape index (κ1) is 17.3. The molecule has 22 heavy (non-hydrogen) atoms. The molecule has 0 aromatic heterocycles. The molecule has 0 bridgehead atoms. The van der Waals surface area contributed by atoms with Crippen molar-refractivity contribution in [1.82, 2.24) is 13.5 Å². The summed E-state index contributed by atoms with van der Waals surface area (Å²) in [5.41, 5.74) is 0.657. The largest absolute Gasteiger partial charge is 0.387 e. The van der Waals surface area contributed by atoms with E-state index in [2.05, 4.69) is 0 Å². The topological polar surface area (TPSA) is 64.1 Å². The second-order valence-corrected chi connectivity index (χ2v) is 7.70. The molecule has 1 fully saturated rings. The SMILES string of the molecule is CN(C)S(=O)(=O)N1CCN(C[C@@H](O)c2ccc(F)cc2)CC1. The lowest BCUT2D eigenvalue weighted by Crippen LogP contribution is -2.52. The third kappa shape index (κ3) is 4.02. The zero-order valence-corrected chi connectivity index (χ0v) is 13.6. The zero-order valence-electron chi connectivity index (χ0n) is 12.8. The smallest absolute Gasteiger partial charge is 0.281 e. The number of aliphatic hydroxyl groups is 1. The van der Waals surface area contributed by atoms with Gasteiger partial charge in [-0.2, -0.15) is 17.0 Å². The van der Waals surface area contributed by atoms with Crippen LogP contribution in [-0.2, 0) is 10.2 Å². The lowest BCUT2D eigenvalue weighted by molar-refractivity contribution is 0.0911. The molecule has 1 N–H and O–H groups in total. The van der Waals surface area contributed by atoms with Gasteiger partial charge in [0.15, 0.2) is 0 Å². The monoisotopic (exact) mass is 331 g/mol. The Labute approximate surface area is 130 Å². The summed E-state index contributed by atoms with van der Waals surface area (Å²) < 4.78 is 39.5. The number of hydrogen-bond acceptors (Lipinski definition) is 4. The highest BCUT2D eigenvalue weighted by atomic mass is 32.2. The van der Waals surface area contributed by atoms with E-state index in [9.17, 15) is 17.9 Å². The third-order valence-electron chi connectivity index (χ3n) is 3.80. The van der Waals surface area contributed by atoms with E-state index >= 15 is 0 Å². The van der Waals surface area contributed by atoms with Crippen molar-refractivity contribution < 1.29 is 17.9 Å². The normalized spacial score (nSPS) is 19.5. The van der Waals surface area contributed by atoms with Gasteiger partial charge in [-0.05, 0) is 17.7 Å². The van der Waals surface area contributed by atoms with Crippen LogP contribution in [0.2, 0.25) is 0 Å². The molecule has 1 heterocycles. The van der Waals surface area contributed by atoms with Crippen molar-refractivity contribution in [2.75, 3.05) is 46.8 Å². The Balaban J connectivity index is 1.88. The summed E-state index contributed by atoms with van der Waals surface area (Å²) in [6, 6.07) is 5.76. The summed E-state index contributed by atoms with van der Waals surface area (Å²) >= 11 is 0. The Morgan fingerprint density at radius 2 is 1.73 bits per heavy atom. The van der Waals surface area contributed by atoms with Gasteiger partial charge in [0, 0.05) is 46.8 Å². The van der Waals surface area contributed by atoms with Gasteiger partial charge in [-0.25, -0.2) is 4.39 Å². The van der Waals surface area contributed by atoms with E-state index < -0.39 is 16.3 Å². The van der Waals surface area contributed by atoms with E-state index in [0.717, 1.165) is 0 Å². The van der Waals surface area contributed by atoms with Gasteiger partial charge in [-0.15, -0.1) is 0 Å². The molecule has 1 aromatic carbocycles. The second kappa shape index (κ2) is 7.01. The van der Waals surface area contributed by atoms with Crippen LogP contribution in [0.3, 0.4) is 0 Å². The van der Waals surface area contributed by atoms with Gasteiger partial charge in [0.25, 0.3) is 10.2 Å². The molecule has 1 atom stereocenters. The van der Waals surface area contributed by atoms with Crippen LogP contribution in [-0.4, -0.2) is 73.9 Å². The van der Waals surface area contributed by atoms with Gasteiger partial charge in [-0.3, -0.25) is 4.90 Å². The molecular weight excluding hydrogens is 309 g/mol. The Morgan fingerprint density at radius 1 is 1.18 bits per heavy atom. The van der Waals surface area contributed by atoms with E-state index in [1.54, 1.807) is 12.1 Å². The summed E-state index contributed by atoms with van der Waals surface area (Å²) in [6.45, 7) is 2.32. The summed E-state index contributed by atoms with van der Waals surface area (Å²) in [5.74, 6) is -0.335. The lowest BCUT2D eigenvalue weighted by Gasteiger charge is -2.35. The first-order chi connectivity index (χ1) is 10.3. The molecule has 0 unspecified atom stereocenters. The number of β-amino-alcohol motifs (C(OH)–C–C–N with tert-alkyl or cyclic N) is 1. The fourth-order valence-electron chi connectivity index (χ4n) is 2.41. The fraction of sp³-hybridized carbons (Fsp3) is 0.571. The van der Waals surface area contributed by atoms with Crippen molar-refractivity contribution in [3.05, 3.63) is 35.6 Å². The van der Waals surface area contributed by atoms with Crippen molar-refractivity contribution in [3.63, 3.8) is 0 Å². The molecule has 1 saturated heterocycles. The Kier molecular flexibility index (Phi) is 5.51. The molecule has 8 heteroatoms. The molecule has 2 rings (SSSR count). The molecule has 1 aromatic rings. The molecule has 0 amide bonds. The zero-order chi connectivity index (χ0) is 16.3. The highest BCUT2D eigenvalue weighted by molar-refractivity contribution is 7.86. The summed E-state index contributed by atoms with van der Waals surface area (Å²) in [7, 11) is -0.345. The van der Waals surface area contributed by atoms with Gasteiger partial charge < -0.3 is 5.11 Å². The number of piperazine rings is 1. The van der Waals surface area contributed by atoms with Crippen molar-refractivity contribution in [3.8, 4) is 0 Å². The summed E-state index contributed by atoms with van der Waals surface area (Å²) in [5, 5.41) is 10.2. The third-order valence-corrected chi connectivity index (χ3v) is 5.75. The van der Waals surface area contributed by atoms with Gasteiger partial charge in [0.05, 0.1) is 6.10 Å². The standard InChI is InChI=1S/C14H22FN3O3S/c1-16(2)22(20,21)18-9-7-17(8-10-18)11-14(19)12-3-5-13(15)6-4-12/h3-6,14,19H,7-11H2,1-2H3/t14-/m1/s1. The lowest BCUT2D eigenvalue weighted by atomic mass is 10.1. The average Bonchev–Trinajstić information content (AvgIpc) is 2.48. The van der Waals surface area contributed by atoms with Crippen LogP contribution in [0.25, 0.3) is 0 Å². The number of benzene rings is 1. The van der Waals surface area contributed by atoms with Crippen molar-refractivity contribution in [2.45, 2.75) is 6.10 Å². The minimum atomic E-state index is -3.37. The maximum atomic E-state index is 12.9. The quantitative estimate of drug-likeness (QED) is 0.842. The van der Waals surface area contributed by atoms with E-state index in [-0.39, 0.29) is 5.82 Å². The molecule has 0 saturated carbocycles. The molecule has 1 aliphatic heterocycles. The molecule has 124 valence electrons. The van der Waals surface area contributed by atoms with E-state index in [1.165, 1.54) is 34.8 Å². The minimum Gasteiger partial charge on any atom is -0.387 e. The first-order valence-corrected chi connectivity index (χ1v) is 8.54. The van der Waals surface area contributed by atoms with Crippen LogP contribution in [0.1, 0.15) is 11.7 Å². The molecule has 0 aliphatic carbocycles. The highest BCUT2D eigenvalue weighted by Crippen LogP contribution is 2.17. The maximum Gasteiger partial charge on any atom is 0.281 e. The van der Waals surface area contributed by atoms with Crippen LogP contribution in [0.5, 0.6) is 0 Å². The van der Waals surface area contributed by atoms with Gasteiger partial charge in [0.2, 0.25) is 0 Å². The van der Waals surface area contributed by atoms with E-state index in [4.69, 9.17) is 0 Å². The van der Waals surface area contributed by atoms with Gasteiger partial charge in [0.1, 0.15) is 5.82 Å². The number of hydrogen-bond donors (Lipinski definition) is 1. The van der Waals surface area contributed by atoms with Gasteiger partial charge >= 0.3 is 0 Å². The molecule has 1 aliphatic rings. The Hall–Kier alpha value is -1.06. The van der Waals surface area contributed by atoms with Crippen LogP contribution < -0.4 is 0 Å². The van der Waals surface area contributed by atoms with E-state index in [1.807, 2.05) is 4.90 Å². The van der Waals surface area contributed by atoms with E-state index in [0.29, 0.717) is 38.3 Å². The Morgan fingerprint density at radius 3 is 2.23 bits per heavy atom. The maximum absolute atomic E-state index is 12.9. The van der Waals surface area contributed by atoms with Crippen molar-refractivity contribution in [2.24, 2.45) is 0 Å². The molecule has 0 spiro atoms. The number of aliphatic hydroxyl groups excluding tert-OH is 1. The number of halogens is 1. The first-order valence-electron chi connectivity index (χ1n) is 7.14. The minimum absolute atomic E-state index is 0.335.